The maximum atomic E-state index is 13.0. The third kappa shape index (κ3) is 4.67. The number of ether oxygens (including phenoxy) is 1. The van der Waals surface area contributed by atoms with Crippen molar-refractivity contribution in [3.05, 3.63) is 62.8 Å². The summed E-state index contributed by atoms with van der Waals surface area (Å²) in [7, 11) is -7.04. The maximum absolute atomic E-state index is 13.0. The number of sulfone groups is 1. The van der Waals surface area contributed by atoms with Gasteiger partial charge in [0.1, 0.15) is 15.3 Å². The Kier molecular flexibility index (Phi) is 6.55. The van der Waals surface area contributed by atoms with Crippen LogP contribution in [0.1, 0.15) is 16.6 Å². The molecule has 2 aromatic carbocycles. The van der Waals surface area contributed by atoms with E-state index < -0.39 is 41.4 Å². The molecule has 15 heteroatoms. The highest BCUT2D eigenvalue weighted by molar-refractivity contribution is 7.91. The fourth-order valence-electron chi connectivity index (χ4n) is 3.15. The van der Waals surface area contributed by atoms with E-state index in [1.54, 1.807) is 0 Å². The van der Waals surface area contributed by atoms with Crippen LogP contribution in [0.25, 0.3) is 22.6 Å². The Morgan fingerprint density at radius 1 is 1.14 bits per heavy atom. The van der Waals surface area contributed by atoms with Gasteiger partial charge in [-0.3, -0.25) is 10.1 Å². The van der Waals surface area contributed by atoms with Gasteiger partial charge in [0, 0.05) is 12.1 Å². The first-order chi connectivity index (χ1) is 17.0. The van der Waals surface area contributed by atoms with E-state index in [4.69, 9.17) is 8.60 Å². The fourth-order valence-corrected chi connectivity index (χ4v) is 6.31. The zero-order valence-electron chi connectivity index (χ0n) is 18.5. The summed E-state index contributed by atoms with van der Waals surface area (Å²) in [6.07, 6.45) is 0. The molecule has 12 nitrogen and oxygen atoms in total. The fraction of sp³-hybridized carbons (Fsp3) is 0.143. The number of aromatic nitrogens is 1. The number of hydrogen-bond acceptors (Lipinski definition) is 12. The SMILES string of the molecule is CCS(=O)(=O)c1ccc2oc(-c3cc([N+](=O)[O-])ccc3OS(=O)(=O)c3ccsc3C(=O)OC)nc2c1. The van der Waals surface area contributed by atoms with Crippen LogP contribution >= 0.6 is 11.3 Å². The molecule has 0 radical (unpaired) electrons. The third-order valence-electron chi connectivity index (χ3n) is 4.97. The van der Waals surface area contributed by atoms with Gasteiger partial charge in [-0.1, -0.05) is 6.92 Å². The summed E-state index contributed by atoms with van der Waals surface area (Å²) in [5.41, 5.74) is -0.299. The van der Waals surface area contributed by atoms with E-state index in [1.165, 1.54) is 30.5 Å². The number of fused-ring (bicyclic) bond motifs is 1. The number of thiophene rings is 1. The highest BCUT2D eigenvalue weighted by atomic mass is 32.2. The molecular formula is C21H16N2O10S3. The number of hydrogen-bond donors (Lipinski definition) is 0. The van der Waals surface area contributed by atoms with Crippen LogP contribution in [-0.4, -0.2) is 45.6 Å². The van der Waals surface area contributed by atoms with Gasteiger partial charge in [-0.05, 0) is 35.7 Å². The molecule has 4 aromatic rings. The van der Waals surface area contributed by atoms with E-state index in [0.717, 1.165) is 42.7 Å². The summed E-state index contributed by atoms with van der Waals surface area (Å²) in [6.45, 7) is 1.49. The monoisotopic (exact) mass is 552 g/mol. The lowest BCUT2D eigenvalue weighted by molar-refractivity contribution is -0.384. The minimum Gasteiger partial charge on any atom is -0.465 e. The van der Waals surface area contributed by atoms with Crippen LogP contribution in [0.5, 0.6) is 5.75 Å². The first-order valence-electron chi connectivity index (χ1n) is 9.99. The molecule has 0 bridgehead atoms. The van der Waals surface area contributed by atoms with Crippen molar-refractivity contribution < 1.29 is 39.9 Å². The van der Waals surface area contributed by atoms with Gasteiger partial charge < -0.3 is 13.3 Å². The van der Waals surface area contributed by atoms with E-state index in [0.29, 0.717) is 0 Å². The molecule has 0 fully saturated rings. The van der Waals surface area contributed by atoms with E-state index in [2.05, 4.69) is 9.72 Å². The van der Waals surface area contributed by atoms with E-state index in [1.807, 2.05) is 0 Å². The number of non-ortho nitro benzene ring substituents is 1. The van der Waals surface area contributed by atoms with Crippen molar-refractivity contribution >= 4 is 54.0 Å². The number of carbonyl (C=O) groups is 1. The first-order valence-corrected chi connectivity index (χ1v) is 13.9. The molecule has 0 saturated heterocycles. The molecule has 2 heterocycles. The second-order valence-corrected chi connectivity index (χ2v) is 11.8. The summed E-state index contributed by atoms with van der Waals surface area (Å²) in [5.74, 6) is -1.63. The Hall–Kier alpha value is -3.82. The lowest BCUT2D eigenvalue weighted by Crippen LogP contribution is -2.14. The zero-order chi connectivity index (χ0) is 26.3. The summed E-state index contributed by atoms with van der Waals surface area (Å²) in [5, 5.41) is 12.7. The molecule has 0 spiro atoms. The minimum atomic E-state index is -4.59. The van der Waals surface area contributed by atoms with Crippen molar-refractivity contribution in [1.29, 1.82) is 0 Å². The molecule has 0 unspecified atom stereocenters. The van der Waals surface area contributed by atoms with Crippen LogP contribution < -0.4 is 4.18 Å². The zero-order valence-corrected chi connectivity index (χ0v) is 21.0. The summed E-state index contributed by atoms with van der Waals surface area (Å²) >= 11 is 0.832. The van der Waals surface area contributed by atoms with E-state index in [-0.39, 0.29) is 43.8 Å². The van der Waals surface area contributed by atoms with Crippen molar-refractivity contribution in [2.24, 2.45) is 0 Å². The van der Waals surface area contributed by atoms with Crippen molar-refractivity contribution in [3.8, 4) is 17.2 Å². The normalized spacial score (nSPS) is 11.9. The highest BCUT2D eigenvalue weighted by Gasteiger charge is 2.29. The van der Waals surface area contributed by atoms with Crippen molar-refractivity contribution in [2.45, 2.75) is 16.7 Å². The lowest BCUT2D eigenvalue weighted by Gasteiger charge is -2.10. The Morgan fingerprint density at radius 3 is 2.56 bits per heavy atom. The highest BCUT2D eigenvalue weighted by Crippen LogP contribution is 2.37. The summed E-state index contributed by atoms with van der Waals surface area (Å²) in [4.78, 5) is 26.1. The van der Waals surface area contributed by atoms with Gasteiger partial charge in [-0.2, -0.15) is 8.42 Å². The second-order valence-electron chi connectivity index (χ2n) is 7.13. The van der Waals surface area contributed by atoms with Crippen LogP contribution in [0.2, 0.25) is 0 Å². The second kappa shape index (κ2) is 9.33. The standard InChI is InChI=1S/C21H16N2O10S3/c1-3-35(27,28)13-5-7-17-15(11-13)22-20(32-17)14-10-12(23(25)26)4-6-16(14)33-36(29,30)18-8-9-34-19(18)21(24)31-2/h4-11H,3H2,1-2H3. The molecule has 0 atom stereocenters. The molecular weight excluding hydrogens is 536 g/mol. The predicted molar refractivity (Wildman–Crippen MR) is 127 cm³/mol. The number of carbonyl (C=O) groups excluding carboxylic acids is 1. The molecule has 0 aliphatic rings. The van der Waals surface area contributed by atoms with Crippen LogP contribution in [0.3, 0.4) is 0 Å². The van der Waals surface area contributed by atoms with Crippen LogP contribution in [-0.2, 0) is 24.7 Å². The van der Waals surface area contributed by atoms with Gasteiger partial charge in [-0.25, -0.2) is 18.2 Å². The number of nitrogens with zero attached hydrogens (tertiary/aromatic N) is 2. The maximum Gasteiger partial charge on any atom is 0.349 e. The Balaban J connectivity index is 1.84. The average molecular weight is 553 g/mol. The van der Waals surface area contributed by atoms with Gasteiger partial charge >= 0.3 is 16.1 Å². The first kappa shape index (κ1) is 25.3. The van der Waals surface area contributed by atoms with Gasteiger partial charge in [-0.15, -0.1) is 11.3 Å². The largest absolute Gasteiger partial charge is 0.465 e. The van der Waals surface area contributed by atoms with Gasteiger partial charge in [0.05, 0.1) is 28.2 Å². The van der Waals surface area contributed by atoms with Gasteiger partial charge in [0.25, 0.3) is 5.69 Å². The van der Waals surface area contributed by atoms with Crippen molar-refractivity contribution in [1.82, 2.24) is 4.98 Å². The van der Waals surface area contributed by atoms with E-state index in [9.17, 15) is 31.7 Å². The lowest BCUT2D eigenvalue weighted by atomic mass is 10.2. The van der Waals surface area contributed by atoms with E-state index >= 15 is 0 Å². The molecule has 36 heavy (non-hydrogen) atoms. The minimum absolute atomic E-state index is 0.00300. The predicted octanol–water partition coefficient (Wildman–Crippen LogP) is 3.81. The van der Waals surface area contributed by atoms with Crippen LogP contribution in [0.15, 0.2) is 62.1 Å². The Bertz CT molecular complexity index is 1720. The number of benzene rings is 2. The topological polar surface area (TPSA) is 173 Å². The number of rotatable bonds is 8. The number of methoxy groups -OCH3 is 1. The summed E-state index contributed by atoms with van der Waals surface area (Å²) in [6, 6.07) is 8.23. The van der Waals surface area contributed by atoms with Crippen molar-refractivity contribution in [3.63, 3.8) is 0 Å². The number of nitro groups is 1. The number of nitro benzene ring substituents is 1. The average Bonchev–Trinajstić information content (AvgIpc) is 3.51. The number of esters is 1. The third-order valence-corrected chi connectivity index (χ3v) is 9.01. The molecule has 0 amide bonds. The van der Waals surface area contributed by atoms with Gasteiger partial charge in [0.15, 0.2) is 21.2 Å². The molecule has 0 saturated carbocycles. The van der Waals surface area contributed by atoms with Crippen LogP contribution in [0, 0.1) is 10.1 Å². The van der Waals surface area contributed by atoms with Crippen LogP contribution in [0.4, 0.5) is 5.69 Å². The smallest absolute Gasteiger partial charge is 0.349 e. The molecule has 0 N–H and O–H groups in total. The van der Waals surface area contributed by atoms with Crippen molar-refractivity contribution in [2.75, 3.05) is 12.9 Å². The molecule has 188 valence electrons. The Morgan fingerprint density at radius 2 is 1.89 bits per heavy atom. The molecule has 4 rings (SSSR count). The number of oxazole rings is 1. The molecule has 0 aliphatic heterocycles. The van der Waals surface area contributed by atoms with Gasteiger partial charge in [0.2, 0.25) is 5.89 Å². The quantitative estimate of drug-likeness (QED) is 0.135. The summed E-state index contributed by atoms with van der Waals surface area (Å²) < 4.78 is 65.9. The molecule has 0 aliphatic carbocycles. The Labute approximate surface area is 208 Å². The molecule has 2 aromatic heterocycles.